The van der Waals surface area contributed by atoms with E-state index in [0.717, 1.165) is 17.0 Å². The van der Waals surface area contributed by atoms with Gasteiger partial charge in [-0.15, -0.1) is 11.3 Å². The van der Waals surface area contributed by atoms with E-state index in [2.05, 4.69) is 10.3 Å². The van der Waals surface area contributed by atoms with Crippen LogP contribution in [0.3, 0.4) is 0 Å². The highest BCUT2D eigenvalue weighted by Crippen LogP contribution is 2.38. The Hall–Kier alpha value is -0.690. The molecule has 0 radical (unpaired) electrons. The molecule has 0 aliphatic carbocycles. The van der Waals surface area contributed by atoms with Gasteiger partial charge in [-0.05, 0) is 12.1 Å². The summed E-state index contributed by atoms with van der Waals surface area (Å²) in [5, 5.41) is 2.68. The van der Waals surface area contributed by atoms with Gasteiger partial charge in [-0.1, -0.05) is 34.8 Å². The topological polar surface area (TPSA) is 24.9 Å². The predicted molar refractivity (Wildman–Crippen MR) is 75.9 cm³/mol. The van der Waals surface area contributed by atoms with Crippen molar-refractivity contribution in [3.05, 3.63) is 43.3 Å². The first kappa shape index (κ1) is 15.7. The molecule has 0 amide bonds. The maximum absolute atomic E-state index is 12.6. The number of aromatic nitrogens is 1. The Bertz CT molecular complexity index is 605. The van der Waals surface area contributed by atoms with E-state index in [4.69, 9.17) is 34.8 Å². The Balaban J connectivity index is 2.20. The molecule has 2 aromatic rings. The first-order valence-electron chi connectivity index (χ1n) is 5.17. The van der Waals surface area contributed by atoms with Crippen molar-refractivity contribution in [2.45, 2.75) is 12.7 Å². The molecule has 1 aromatic heterocycles. The lowest BCUT2D eigenvalue weighted by Gasteiger charge is -2.13. The van der Waals surface area contributed by atoms with Gasteiger partial charge in [0.25, 0.3) is 0 Å². The maximum Gasteiger partial charge on any atom is 0.416 e. The summed E-state index contributed by atoms with van der Waals surface area (Å²) in [6.07, 6.45) is -2.93. The van der Waals surface area contributed by atoms with Crippen LogP contribution in [0.1, 0.15) is 10.4 Å². The zero-order valence-electron chi connectivity index (χ0n) is 9.56. The average molecular weight is 362 g/mol. The van der Waals surface area contributed by atoms with E-state index < -0.39 is 11.7 Å². The van der Waals surface area contributed by atoms with E-state index in [1.165, 1.54) is 11.3 Å². The molecule has 1 aromatic carbocycles. The molecule has 0 spiro atoms. The number of thiazole rings is 1. The van der Waals surface area contributed by atoms with Crippen molar-refractivity contribution < 1.29 is 13.2 Å². The van der Waals surface area contributed by atoms with Crippen LogP contribution in [0.25, 0.3) is 0 Å². The van der Waals surface area contributed by atoms with Gasteiger partial charge < -0.3 is 5.32 Å². The molecular formula is C11H6Cl3F3N2S. The number of hydrogen-bond acceptors (Lipinski definition) is 3. The highest BCUT2D eigenvalue weighted by Gasteiger charge is 2.32. The van der Waals surface area contributed by atoms with Crippen LogP contribution in [0.4, 0.5) is 18.9 Å². The minimum absolute atomic E-state index is 0.0968. The standard InChI is InChI=1S/C11H6Cl3F3N2S/c12-7-1-5(11(15,16)17)2-8(13)9(7)18-3-6-4-19-10(14)20-6/h1-2,4,18H,3H2. The number of alkyl halides is 3. The second-order valence-corrected chi connectivity index (χ2v) is 6.26. The van der Waals surface area contributed by atoms with E-state index in [9.17, 15) is 13.2 Å². The third-order valence-electron chi connectivity index (χ3n) is 2.33. The van der Waals surface area contributed by atoms with Gasteiger partial charge in [-0.25, -0.2) is 4.98 Å². The van der Waals surface area contributed by atoms with Crippen molar-refractivity contribution in [1.29, 1.82) is 0 Å². The normalized spacial score (nSPS) is 11.7. The highest BCUT2D eigenvalue weighted by atomic mass is 35.5. The third-order valence-corrected chi connectivity index (χ3v) is 4.05. The van der Waals surface area contributed by atoms with Crippen LogP contribution in [0, 0.1) is 0 Å². The summed E-state index contributed by atoms with van der Waals surface area (Å²) >= 11 is 18.6. The molecular weight excluding hydrogens is 356 g/mol. The van der Waals surface area contributed by atoms with Gasteiger partial charge in [0.1, 0.15) is 0 Å². The minimum atomic E-state index is -4.49. The van der Waals surface area contributed by atoms with Crippen LogP contribution in [-0.4, -0.2) is 4.98 Å². The highest BCUT2D eigenvalue weighted by molar-refractivity contribution is 7.15. The zero-order valence-corrected chi connectivity index (χ0v) is 12.6. The van der Waals surface area contributed by atoms with Crippen molar-refractivity contribution in [2.75, 3.05) is 5.32 Å². The molecule has 0 bridgehead atoms. The van der Waals surface area contributed by atoms with Crippen molar-refractivity contribution in [3.63, 3.8) is 0 Å². The Kier molecular flexibility index (Phi) is 4.69. The number of nitrogens with zero attached hydrogens (tertiary/aromatic N) is 1. The second-order valence-electron chi connectivity index (χ2n) is 3.75. The fourth-order valence-electron chi connectivity index (χ4n) is 1.45. The van der Waals surface area contributed by atoms with Gasteiger partial charge in [0.15, 0.2) is 4.47 Å². The lowest BCUT2D eigenvalue weighted by atomic mass is 10.2. The fourth-order valence-corrected chi connectivity index (χ4v) is 2.98. The number of hydrogen-bond donors (Lipinski definition) is 1. The molecule has 1 N–H and O–H groups in total. The van der Waals surface area contributed by atoms with Crippen LogP contribution in [-0.2, 0) is 12.7 Å². The predicted octanol–water partition coefficient (Wildman–Crippen LogP) is 5.73. The van der Waals surface area contributed by atoms with Gasteiger partial charge >= 0.3 is 6.18 Å². The summed E-state index contributed by atoms with van der Waals surface area (Å²) in [5.41, 5.74) is -0.648. The number of rotatable bonds is 3. The number of benzene rings is 1. The lowest BCUT2D eigenvalue weighted by molar-refractivity contribution is -0.137. The Morgan fingerprint density at radius 3 is 2.20 bits per heavy atom. The summed E-state index contributed by atoms with van der Waals surface area (Å²) in [6.45, 7) is 0.315. The smallest absolute Gasteiger partial charge is 0.378 e. The van der Waals surface area contributed by atoms with E-state index >= 15 is 0 Å². The first-order chi connectivity index (χ1) is 9.27. The Morgan fingerprint density at radius 2 is 1.75 bits per heavy atom. The van der Waals surface area contributed by atoms with Gasteiger partial charge in [0.05, 0.1) is 27.8 Å². The monoisotopic (exact) mass is 360 g/mol. The van der Waals surface area contributed by atoms with Crippen LogP contribution >= 0.6 is 46.1 Å². The average Bonchev–Trinajstić information content (AvgIpc) is 2.72. The Morgan fingerprint density at radius 1 is 1.15 bits per heavy atom. The molecule has 108 valence electrons. The second kappa shape index (κ2) is 5.97. The van der Waals surface area contributed by atoms with Crippen LogP contribution in [0.2, 0.25) is 14.5 Å². The number of nitrogens with one attached hydrogen (secondary N) is 1. The molecule has 0 saturated heterocycles. The molecule has 0 fully saturated rings. The van der Waals surface area contributed by atoms with Gasteiger partial charge in [0.2, 0.25) is 0 Å². The molecule has 0 aliphatic rings. The van der Waals surface area contributed by atoms with E-state index in [-0.39, 0.29) is 15.7 Å². The first-order valence-corrected chi connectivity index (χ1v) is 7.12. The molecule has 0 saturated carbocycles. The van der Waals surface area contributed by atoms with Gasteiger partial charge in [-0.3, -0.25) is 0 Å². The minimum Gasteiger partial charge on any atom is -0.378 e. The van der Waals surface area contributed by atoms with Crippen LogP contribution < -0.4 is 5.32 Å². The van der Waals surface area contributed by atoms with E-state index in [1.807, 2.05) is 0 Å². The van der Waals surface area contributed by atoms with Crippen molar-refractivity contribution in [2.24, 2.45) is 0 Å². The van der Waals surface area contributed by atoms with Gasteiger partial charge in [-0.2, -0.15) is 13.2 Å². The SMILES string of the molecule is FC(F)(F)c1cc(Cl)c(NCc2cnc(Cl)s2)c(Cl)c1. The molecule has 9 heteroatoms. The summed E-state index contributed by atoms with van der Waals surface area (Å²) in [5.74, 6) is 0. The molecule has 1 heterocycles. The molecule has 0 atom stereocenters. The fraction of sp³-hybridized carbons (Fsp3) is 0.182. The molecule has 2 rings (SSSR count). The number of halogens is 6. The molecule has 2 nitrogen and oxygen atoms in total. The quantitative estimate of drug-likeness (QED) is 0.754. The Labute approximate surface area is 131 Å². The summed E-state index contributed by atoms with van der Waals surface area (Å²) in [6, 6.07) is 1.66. The van der Waals surface area contributed by atoms with E-state index in [1.54, 1.807) is 6.20 Å². The van der Waals surface area contributed by atoms with Crippen LogP contribution in [0.15, 0.2) is 18.3 Å². The largest absolute Gasteiger partial charge is 0.416 e. The molecule has 0 aliphatic heterocycles. The van der Waals surface area contributed by atoms with Crippen molar-refractivity contribution in [1.82, 2.24) is 4.98 Å². The summed E-state index contributed by atoms with van der Waals surface area (Å²) < 4.78 is 38.1. The molecule has 20 heavy (non-hydrogen) atoms. The summed E-state index contributed by atoms with van der Waals surface area (Å²) in [4.78, 5) is 4.66. The number of anilines is 1. The summed E-state index contributed by atoms with van der Waals surface area (Å²) in [7, 11) is 0. The molecule has 0 unspecified atom stereocenters. The lowest BCUT2D eigenvalue weighted by Crippen LogP contribution is -2.06. The third kappa shape index (κ3) is 3.69. The van der Waals surface area contributed by atoms with Crippen LogP contribution in [0.5, 0.6) is 0 Å². The zero-order chi connectivity index (χ0) is 14.9. The van der Waals surface area contributed by atoms with E-state index in [0.29, 0.717) is 11.0 Å². The van der Waals surface area contributed by atoms with Crippen molar-refractivity contribution in [3.8, 4) is 0 Å². The van der Waals surface area contributed by atoms with Crippen molar-refractivity contribution >= 4 is 51.8 Å². The maximum atomic E-state index is 12.6. The van der Waals surface area contributed by atoms with Gasteiger partial charge in [0, 0.05) is 11.1 Å².